The Kier molecular flexibility index (Phi) is 4.98. The van der Waals surface area contributed by atoms with Crippen LogP contribution in [0.2, 0.25) is 0 Å². The molecule has 2 N–H and O–H groups in total. The van der Waals surface area contributed by atoms with Crippen LogP contribution < -0.4 is 5.32 Å². The highest BCUT2D eigenvalue weighted by Crippen LogP contribution is 2.56. The highest BCUT2D eigenvalue weighted by molar-refractivity contribution is 5.88. The largest absolute Gasteiger partial charge is 0.376 e. The van der Waals surface area contributed by atoms with Gasteiger partial charge in [-0.1, -0.05) is 25.7 Å². The molecule has 1 saturated carbocycles. The van der Waals surface area contributed by atoms with E-state index in [1.54, 1.807) is 6.92 Å². The second-order valence-corrected chi connectivity index (χ2v) is 5.59. The number of nitrogens with one attached hydrogen (secondary N) is 1. The van der Waals surface area contributed by atoms with Gasteiger partial charge >= 0.3 is 0 Å². The smallest absolute Gasteiger partial charge is 0.244 e. The average Bonchev–Trinajstić information content (AvgIpc) is 3.17. The molecule has 108 valence electrons. The molecular weight excluding hydrogens is 252 g/mol. The molecule has 1 rings (SSSR count). The molecule has 0 unspecified atom stereocenters. The third kappa shape index (κ3) is 3.21. The van der Waals surface area contributed by atoms with Crippen molar-refractivity contribution in [2.24, 2.45) is 11.3 Å². The monoisotopic (exact) mass is 274 g/mol. The molecule has 1 aliphatic rings. The van der Waals surface area contributed by atoms with Gasteiger partial charge in [-0.2, -0.15) is 5.26 Å². The van der Waals surface area contributed by atoms with Crippen LogP contribution in [0.1, 0.15) is 40.5 Å². The summed E-state index contributed by atoms with van der Waals surface area (Å²) in [6.07, 6.45) is 2.75. The number of carbonyl (C=O) groups is 1. The number of rotatable bonds is 4. The number of aliphatic hydroxyl groups is 1. The van der Waals surface area contributed by atoms with E-state index in [0.29, 0.717) is 25.0 Å². The van der Waals surface area contributed by atoms with E-state index in [4.69, 9.17) is 0 Å². The first kappa shape index (κ1) is 16.3. The second-order valence-electron chi connectivity index (χ2n) is 5.59. The van der Waals surface area contributed by atoms with Crippen molar-refractivity contribution in [1.82, 2.24) is 5.32 Å². The van der Waals surface area contributed by atoms with Crippen molar-refractivity contribution >= 4 is 5.91 Å². The second kappa shape index (κ2) is 6.11. The molecule has 0 aromatic carbocycles. The number of nitriles is 1. The Morgan fingerprint density at radius 2 is 2.15 bits per heavy atom. The number of nitrogens with zero attached hydrogens (tertiary/aromatic N) is 1. The predicted molar refractivity (Wildman–Crippen MR) is 77.3 cm³/mol. The number of hydrogen-bond donors (Lipinski definition) is 2. The molecule has 0 aliphatic heterocycles. The number of amides is 1. The fourth-order valence-corrected chi connectivity index (χ4v) is 2.17. The summed E-state index contributed by atoms with van der Waals surface area (Å²) < 4.78 is 0. The highest BCUT2D eigenvalue weighted by atomic mass is 16.3. The summed E-state index contributed by atoms with van der Waals surface area (Å²) >= 11 is 0. The summed E-state index contributed by atoms with van der Waals surface area (Å²) in [6.45, 7) is 7.83. The summed E-state index contributed by atoms with van der Waals surface area (Å²) in [4.78, 5) is 11.4. The van der Waals surface area contributed by atoms with Crippen molar-refractivity contribution in [3.63, 3.8) is 0 Å². The van der Waals surface area contributed by atoms with E-state index in [-0.39, 0.29) is 11.8 Å². The van der Waals surface area contributed by atoms with Crippen molar-refractivity contribution in [3.05, 3.63) is 11.6 Å². The van der Waals surface area contributed by atoms with Crippen molar-refractivity contribution in [3.8, 4) is 17.9 Å². The van der Waals surface area contributed by atoms with E-state index in [2.05, 4.69) is 23.2 Å². The van der Waals surface area contributed by atoms with E-state index >= 15 is 0 Å². The van der Waals surface area contributed by atoms with Gasteiger partial charge in [0.05, 0.1) is 11.5 Å². The van der Waals surface area contributed by atoms with Gasteiger partial charge in [0.15, 0.2) is 0 Å². The molecule has 0 saturated heterocycles. The van der Waals surface area contributed by atoms with Gasteiger partial charge in [-0.25, -0.2) is 0 Å². The normalized spacial score (nSPS) is 19.4. The lowest BCUT2D eigenvalue weighted by molar-refractivity contribution is -0.116. The van der Waals surface area contributed by atoms with E-state index in [1.807, 2.05) is 20.8 Å². The molecular formula is C16H22N2O2. The predicted octanol–water partition coefficient (Wildman–Crippen LogP) is 1.76. The van der Waals surface area contributed by atoms with E-state index in [1.165, 1.54) is 6.08 Å². The van der Waals surface area contributed by atoms with Gasteiger partial charge in [-0.15, -0.1) is 0 Å². The first-order valence-corrected chi connectivity index (χ1v) is 6.94. The summed E-state index contributed by atoms with van der Waals surface area (Å²) in [5.41, 5.74) is -1.50. The van der Waals surface area contributed by atoms with Crippen LogP contribution >= 0.6 is 0 Å². The molecule has 4 heteroatoms. The minimum atomic E-state index is -1.32. The van der Waals surface area contributed by atoms with Gasteiger partial charge < -0.3 is 10.4 Å². The first-order chi connectivity index (χ1) is 9.31. The lowest BCUT2D eigenvalue weighted by Crippen LogP contribution is -2.42. The standard InChI is InChI=1S/C16H22N2O2/c1-5-18-14(19)10-13(4)6-7-16(20,12(2)3)15(11-17)8-9-15/h10,12,20H,5,8-9H2,1-4H3,(H,18,19)/b13-10-/t16-/m1/s1. The SMILES string of the molecule is CCNC(=O)/C=C(/C)C#C[C@@](O)(C(C)C)C1(C#N)CC1. The fraction of sp³-hybridized carbons (Fsp3) is 0.625. The Morgan fingerprint density at radius 3 is 2.55 bits per heavy atom. The Morgan fingerprint density at radius 1 is 1.55 bits per heavy atom. The van der Waals surface area contributed by atoms with Gasteiger partial charge in [-0.05, 0) is 32.6 Å². The van der Waals surface area contributed by atoms with Crippen molar-refractivity contribution in [2.75, 3.05) is 6.54 Å². The molecule has 1 aliphatic carbocycles. The highest BCUT2D eigenvalue weighted by Gasteiger charge is 2.60. The van der Waals surface area contributed by atoms with Crippen LogP contribution in [0.4, 0.5) is 0 Å². The molecule has 0 aromatic rings. The zero-order chi connectivity index (χ0) is 15.4. The van der Waals surface area contributed by atoms with Crippen LogP contribution in [0.5, 0.6) is 0 Å². The quantitative estimate of drug-likeness (QED) is 0.606. The molecule has 4 nitrogen and oxygen atoms in total. The zero-order valence-corrected chi connectivity index (χ0v) is 12.6. The Hall–Kier alpha value is -1.78. The number of hydrogen-bond acceptors (Lipinski definition) is 3. The molecule has 1 atom stereocenters. The molecule has 0 spiro atoms. The van der Waals surface area contributed by atoms with Gasteiger partial charge in [0.2, 0.25) is 5.91 Å². The van der Waals surface area contributed by atoms with Crippen molar-refractivity contribution in [1.29, 1.82) is 5.26 Å². The van der Waals surface area contributed by atoms with Crippen molar-refractivity contribution in [2.45, 2.75) is 46.1 Å². The molecule has 0 radical (unpaired) electrons. The maximum absolute atomic E-state index is 11.4. The molecule has 0 bridgehead atoms. The summed E-state index contributed by atoms with van der Waals surface area (Å²) in [6, 6.07) is 2.21. The number of allylic oxidation sites excluding steroid dienone is 1. The van der Waals surface area contributed by atoms with Gasteiger partial charge in [0.1, 0.15) is 5.60 Å². The summed E-state index contributed by atoms with van der Waals surface area (Å²) in [5.74, 6) is 5.31. The minimum absolute atomic E-state index is 0.144. The zero-order valence-electron chi connectivity index (χ0n) is 12.6. The fourth-order valence-electron chi connectivity index (χ4n) is 2.17. The molecule has 1 amide bonds. The average molecular weight is 274 g/mol. The van der Waals surface area contributed by atoms with Crippen LogP contribution in [0.15, 0.2) is 11.6 Å². The lowest BCUT2D eigenvalue weighted by Gasteiger charge is -2.31. The first-order valence-electron chi connectivity index (χ1n) is 6.94. The van der Waals surface area contributed by atoms with Crippen LogP contribution in [0.3, 0.4) is 0 Å². The van der Waals surface area contributed by atoms with Gasteiger partial charge in [-0.3, -0.25) is 4.79 Å². The number of likely N-dealkylation sites (N-methyl/N-ethyl adjacent to an activating group) is 1. The summed E-state index contributed by atoms with van der Waals surface area (Å²) in [7, 11) is 0. The van der Waals surface area contributed by atoms with E-state index in [0.717, 1.165) is 0 Å². The van der Waals surface area contributed by atoms with Gasteiger partial charge in [0, 0.05) is 18.2 Å². The number of carbonyl (C=O) groups excluding carboxylic acids is 1. The summed E-state index contributed by atoms with van der Waals surface area (Å²) in [5, 5.41) is 22.7. The molecule has 20 heavy (non-hydrogen) atoms. The van der Waals surface area contributed by atoms with Crippen LogP contribution in [-0.2, 0) is 4.79 Å². The molecule has 0 aromatic heterocycles. The Bertz CT molecular complexity index is 513. The van der Waals surface area contributed by atoms with Crippen LogP contribution in [0, 0.1) is 34.5 Å². The Balaban J connectivity index is 2.97. The molecule has 1 fully saturated rings. The lowest BCUT2D eigenvalue weighted by atomic mass is 9.77. The van der Waals surface area contributed by atoms with Crippen LogP contribution in [0.25, 0.3) is 0 Å². The Labute approximate surface area is 120 Å². The van der Waals surface area contributed by atoms with Gasteiger partial charge in [0.25, 0.3) is 0 Å². The van der Waals surface area contributed by atoms with Crippen LogP contribution in [-0.4, -0.2) is 23.2 Å². The minimum Gasteiger partial charge on any atom is -0.376 e. The third-order valence-electron chi connectivity index (χ3n) is 3.68. The maximum Gasteiger partial charge on any atom is 0.244 e. The third-order valence-corrected chi connectivity index (χ3v) is 3.68. The topological polar surface area (TPSA) is 73.1 Å². The maximum atomic E-state index is 11.4. The van der Waals surface area contributed by atoms with E-state index in [9.17, 15) is 15.2 Å². The molecule has 0 heterocycles. The van der Waals surface area contributed by atoms with Crippen molar-refractivity contribution < 1.29 is 9.90 Å². The van der Waals surface area contributed by atoms with E-state index < -0.39 is 11.0 Å².